The van der Waals surface area contributed by atoms with Crippen molar-refractivity contribution in [2.75, 3.05) is 19.6 Å². The monoisotopic (exact) mass is 445 g/mol. The van der Waals surface area contributed by atoms with Gasteiger partial charge in [-0.15, -0.1) is 0 Å². The van der Waals surface area contributed by atoms with Crippen LogP contribution in [0.3, 0.4) is 0 Å². The molecule has 0 radical (unpaired) electrons. The van der Waals surface area contributed by atoms with Crippen molar-refractivity contribution in [3.05, 3.63) is 77.9 Å². The van der Waals surface area contributed by atoms with Crippen molar-refractivity contribution in [2.24, 2.45) is 5.41 Å². The van der Waals surface area contributed by atoms with Crippen LogP contribution in [0.2, 0.25) is 0 Å². The van der Waals surface area contributed by atoms with Gasteiger partial charge in [-0.3, -0.25) is 14.3 Å². The highest BCUT2D eigenvalue weighted by Crippen LogP contribution is 2.50. The molecule has 0 bridgehead atoms. The summed E-state index contributed by atoms with van der Waals surface area (Å²) in [4.78, 5) is 34.3. The summed E-state index contributed by atoms with van der Waals surface area (Å²) >= 11 is 0. The quantitative estimate of drug-likeness (QED) is 0.648. The fraction of sp³-hybridized carbons (Fsp3) is 0.423. The molecule has 2 aromatic heterocycles. The first-order valence-electron chi connectivity index (χ1n) is 11.8. The van der Waals surface area contributed by atoms with Crippen molar-refractivity contribution in [3.8, 4) is 0 Å². The Morgan fingerprint density at radius 1 is 1.21 bits per heavy atom. The molecule has 0 saturated carbocycles. The number of amides is 2. The molecule has 2 aliphatic rings. The van der Waals surface area contributed by atoms with Crippen molar-refractivity contribution >= 4 is 11.8 Å². The van der Waals surface area contributed by atoms with Crippen molar-refractivity contribution in [1.29, 1.82) is 0 Å². The molecule has 5 rings (SSSR count). The Labute approximate surface area is 194 Å². The number of H-pyrrole nitrogens is 1. The lowest BCUT2D eigenvalue weighted by Gasteiger charge is -2.42. The van der Waals surface area contributed by atoms with Gasteiger partial charge in [0.1, 0.15) is 0 Å². The number of aromatic nitrogens is 3. The summed E-state index contributed by atoms with van der Waals surface area (Å²) < 4.78 is 2.01. The molecule has 2 amide bonds. The van der Waals surface area contributed by atoms with Crippen molar-refractivity contribution < 1.29 is 9.59 Å². The van der Waals surface area contributed by atoms with Crippen molar-refractivity contribution in [2.45, 2.75) is 45.2 Å². The molecule has 7 heteroatoms. The van der Waals surface area contributed by atoms with E-state index in [1.165, 1.54) is 0 Å². The molecule has 7 nitrogen and oxygen atoms in total. The van der Waals surface area contributed by atoms with Crippen molar-refractivity contribution in [3.63, 3.8) is 0 Å². The summed E-state index contributed by atoms with van der Waals surface area (Å²) in [5.74, 6) is 0.0431. The zero-order valence-electron chi connectivity index (χ0n) is 19.3. The molecule has 2 aliphatic heterocycles. The first-order chi connectivity index (χ1) is 16.0. The largest absolute Gasteiger partial charge is 0.367 e. The summed E-state index contributed by atoms with van der Waals surface area (Å²) in [6.45, 7) is 6.51. The lowest BCUT2D eigenvalue weighted by Crippen LogP contribution is -2.52. The minimum absolute atomic E-state index is 0.0262. The molecule has 0 unspecified atom stereocenters. The second kappa shape index (κ2) is 8.54. The molecule has 1 spiro atoms. The Balaban J connectivity index is 1.52. The van der Waals surface area contributed by atoms with Gasteiger partial charge in [0.15, 0.2) is 0 Å². The molecule has 3 aromatic rings. The van der Waals surface area contributed by atoms with Gasteiger partial charge < -0.3 is 14.8 Å². The van der Waals surface area contributed by atoms with Crippen LogP contribution in [0, 0.1) is 5.41 Å². The van der Waals surface area contributed by atoms with Gasteiger partial charge in [-0.2, -0.15) is 5.10 Å². The van der Waals surface area contributed by atoms with Gasteiger partial charge in [0, 0.05) is 62.4 Å². The smallest absolute Gasteiger partial charge is 0.255 e. The van der Waals surface area contributed by atoms with Gasteiger partial charge in [0.25, 0.3) is 5.91 Å². The van der Waals surface area contributed by atoms with Crippen LogP contribution in [0.5, 0.6) is 0 Å². The Morgan fingerprint density at radius 3 is 2.76 bits per heavy atom. The predicted octanol–water partition coefficient (Wildman–Crippen LogP) is 3.84. The average molecular weight is 446 g/mol. The second-order valence-corrected chi connectivity index (χ2v) is 9.60. The maximum atomic E-state index is 14.1. The molecule has 1 N–H and O–H groups in total. The van der Waals surface area contributed by atoms with E-state index >= 15 is 0 Å². The first kappa shape index (κ1) is 21.5. The number of nitrogens with one attached hydrogen (secondary N) is 1. The van der Waals surface area contributed by atoms with Crippen LogP contribution in [0.25, 0.3) is 0 Å². The summed E-state index contributed by atoms with van der Waals surface area (Å²) in [7, 11) is 0. The van der Waals surface area contributed by atoms with Crippen LogP contribution in [0.15, 0.2) is 61.1 Å². The number of piperidine rings is 1. The highest BCUT2D eigenvalue weighted by molar-refractivity contribution is 5.95. The van der Waals surface area contributed by atoms with E-state index in [0.717, 1.165) is 30.6 Å². The number of hydrogen-bond donors (Lipinski definition) is 1. The third-order valence-corrected chi connectivity index (χ3v) is 7.20. The van der Waals surface area contributed by atoms with E-state index in [4.69, 9.17) is 0 Å². The molecule has 4 heterocycles. The third-order valence-electron chi connectivity index (χ3n) is 7.20. The number of benzene rings is 1. The standard InChI is InChI=1S/C26H31N5O2/c1-19(2)31-23(10-13-28-31)22-17-30(24(32)21-9-12-27-15-21)18-26(22)11-6-14-29(25(26)33)16-20-7-4-3-5-8-20/h3-5,7-10,12-13,15,19,22,27H,6,11,14,16-18H2,1-2H3/t22-,26-/m1/s1. The zero-order valence-corrected chi connectivity index (χ0v) is 19.3. The summed E-state index contributed by atoms with van der Waals surface area (Å²) in [5, 5.41) is 4.55. The number of carbonyl (C=O) groups is 2. The summed E-state index contributed by atoms with van der Waals surface area (Å²) in [6.07, 6.45) is 7.01. The molecule has 1 aromatic carbocycles. The van der Waals surface area contributed by atoms with E-state index in [-0.39, 0.29) is 23.8 Å². The van der Waals surface area contributed by atoms with Crippen LogP contribution >= 0.6 is 0 Å². The Hall–Kier alpha value is -3.35. The number of nitrogens with zero attached hydrogens (tertiary/aromatic N) is 4. The highest BCUT2D eigenvalue weighted by Gasteiger charge is 2.57. The number of rotatable bonds is 5. The van der Waals surface area contributed by atoms with Gasteiger partial charge in [0.05, 0.1) is 11.0 Å². The summed E-state index contributed by atoms with van der Waals surface area (Å²) in [6, 6.07) is 14.2. The van der Waals surface area contributed by atoms with E-state index in [1.807, 2.05) is 44.9 Å². The summed E-state index contributed by atoms with van der Waals surface area (Å²) in [5.41, 5.74) is 2.17. The number of carbonyl (C=O) groups excluding carboxylic acids is 2. The average Bonchev–Trinajstić information content (AvgIpc) is 3.57. The SMILES string of the molecule is CC(C)n1nccc1[C@H]1CN(C(=O)c2cc[nH]c2)C[C@]12CCCN(Cc1ccccc1)C2=O. The third kappa shape index (κ3) is 3.75. The lowest BCUT2D eigenvalue weighted by molar-refractivity contribution is -0.147. The number of hydrogen-bond acceptors (Lipinski definition) is 3. The van der Waals surface area contributed by atoms with Crippen LogP contribution in [-0.2, 0) is 11.3 Å². The highest BCUT2D eigenvalue weighted by atomic mass is 16.2. The Kier molecular flexibility index (Phi) is 5.56. The van der Waals surface area contributed by atoms with Gasteiger partial charge in [0.2, 0.25) is 5.91 Å². The fourth-order valence-corrected chi connectivity index (χ4v) is 5.65. The van der Waals surface area contributed by atoms with Crippen LogP contribution in [-0.4, -0.2) is 56.0 Å². The van der Waals surface area contributed by atoms with Crippen LogP contribution < -0.4 is 0 Å². The van der Waals surface area contributed by atoms with Gasteiger partial charge in [-0.05, 0) is 44.4 Å². The molecule has 2 fully saturated rings. The topological polar surface area (TPSA) is 74.2 Å². The lowest BCUT2D eigenvalue weighted by atomic mass is 9.70. The van der Waals surface area contributed by atoms with Gasteiger partial charge >= 0.3 is 0 Å². The molecule has 2 atom stereocenters. The predicted molar refractivity (Wildman–Crippen MR) is 126 cm³/mol. The fourth-order valence-electron chi connectivity index (χ4n) is 5.65. The maximum absolute atomic E-state index is 14.1. The molecule has 0 aliphatic carbocycles. The maximum Gasteiger partial charge on any atom is 0.255 e. The molecule has 2 saturated heterocycles. The number of aromatic amines is 1. The Bertz CT molecular complexity index is 1120. The van der Waals surface area contributed by atoms with Gasteiger partial charge in [-0.1, -0.05) is 30.3 Å². The minimum Gasteiger partial charge on any atom is -0.367 e. The van der Waals surface area contributed by atoms with Gasteiger partial charge in [-0.25, -0.2) is 0 Å². The van der Waals surface area contributed by atoms with E-state index in [0.29, 0.717) is 25.2 Å². The molecule has 172 valence electrons. The molecular formula is C26H31N5O2. The molecule has 33 heavy (non-hydrogen) atoms. The van der Waals surface area contributed by atoms with Crippen LogP contribution in [0.1, 0.15) is 60.3 Å². The first-order valence-corrected chi connectivity index (χ1v) is 11.8. The number of likely N-dealkylation sites (tertiary alicyclic amines) is 2. The second-order valence-electron chi connectivity index (χ2n) is 9.60. The van der Waals surface area contributed by atoms with E-state index in [2.05, 4.69) is 36.1 Å². The van der Waals surface area contributed by atoms with Crippen molar-refractivity contribution in [1.82, 2.24) is 24.6 Å². The van der Waals surface area contributed by atoms with Crippen LogP contribution in [0.4, 0.5) is 0 Å². The molecular weight excluding hydrogens is 414 g/mol. The normalized spacial score (nSPS) is 23.1. The van der Waals surface area contributed by atoms with E-state index in [1.54, 1.807) is 18.5 Å². The zero-order chi connectivity index (χ0) is 23.0. The minimum atomic E-state index is -0.633. The van der Waals surface area contributed by atoms with E-state index < -0.39 is 5.41 Å². The van der Waals surface area contributed by atoms with E-state index in [9.17, 15) is 9.59 Å². The Morgan fingerprint density at radius 2 is 2.03 bits per heavy atom.